The average Bonchev–Trinajstić information content (AvgIpc) is 2.52. The first-order chi connectivity index (χ1) is 10.1. The molecule has 0 heterocycles. The van der Waals surface area contributed by atoms with Gasteiger partial charge >= 0.3 is 0 Å². The molecule has 0 saturated carbocycles. The van der Waals surface area contributed by atoms with Gasteiger partial charge in [-0.3, -0.25) is 4.79 Å². The quantitative estimate of drug-likeness (QED) is 0.775. The van der Waals surface area contributed by atoms with Gasteiger partial charge in [-0.15, -0.1) is 11.6 Å². The van der Waals surface area contributed by atoms with Crippen molar-refractivity contribution in [3.63, 3.8) is 0 Å². The average molecular weight is 322 g/mol. The minimum Gasteiger partial charge on any atom is -0.345 e. The van der Waals surface area contributed by atoms with Crippen molar-refractivity contribution in [2.24, 2.45) is 0 Å². The summed E-state index contributed by atoms with van der Waals surface area (Å²) < 4.78 is 0. The van der Waals surface area contributed by atoms with Crippen molar-refractivity contribution in [3.05, 3.63) is 70.2 Å². The van der Waals surface area contributed by atoms with Gasteiger partial charge in [0.05, 0.1) is 6.04 Å². The maximum atomic E-state index is 12.3. The van der Waals surface area contributed by atoms with E-state index in [1.807, 2.05) is 43.3 Å². The molecule has 0 aliphatic heterocycles. The summed E-state index contributed by atoms with van der Waals surface area (Å²) in [5.74, 6) is 0.352. The van der Waals surface area contributed by atoms with E-state index >= 15 is 0 Å². The maximum Gasteiger partial charge on any atom is 0.251 e. The van der Waals surface area contributed by atoms with E-state index in [0.717, 1.165) is 17.5 Å². The standard InChI is InChI=1S/C17H17Cl2NO/c1-2-16(14-4-3-5-15(19)10-14)20-17(21)13-8-6-12(11-18)7-9-13/h3-10,16H,2,11H2,1H3,(H,20,21). The van der Waals surface area contributed by atoms with Crippen molar-refractivity contribution in [1.82, 2.24) is 5.32 Å². The Hall–Kier alpha value is -1.51. The lowest BCUT2D eigenvalue weighted by molar-refractivity contribution is 0.0935. The summed E-state index contributed by atoms with van der Waals surface area (Å²) in [6, 6.07) is 14.8. The van der Waals surface area contributed by atoms with E-state index in [2.05, 4.69) is 5.32 Å². The van der Waals surface area contributed by atoms with Gasteiger partial charge in [0.2, 0.25) is 0 Å². The van der Waals surface area contributed by atoms with Gasteiger partial charge in [-0.05, 0) is 41.8 Å². The van der Waals surface area contributed by atoms with Crippen molar-refractivity contribution < 1.29 is 4.79 Å². The Morgan fingerprint density at radius 2 is 1.90 bits per heavy atom. The molecule has 0 fully saturated rings. The summed E-state index contributed by atoms with van der Waals surface area (Å²) in [6.07, 6.45) is 0.797. The lowest BCUT2D eigenvalue weighted by Crippen LogP contribution is -2.28. The van der Waals surface area contributed by atoms with Gasteiger partial charge < -0.3 is 5.32 Å². The number of nitrogens with one attached hydrogen (secondary N) is 1. The van der Waals surface area contributed by atoms with Gasteiger partial charge in [-0.1, -0.05) is 42.8 Å². The molecule has 1 amide bonds. The number of amides is 1. The van der Waals surface area contributed by atoms with E-state index in [9.17, 15) is 4.79 Å². The maximum absolute atomic E-state index is 12.3. The lowest BCUT2D eigenvalue weighted by Gasteiger charge is -2.18. The highest BCUT2D eigenvalue weighted by atomic mass is 35.5. The second-order valence-electron chi connectivity index (χ2n) is 4.82. The number of alkyl halides is 1. The van der Waals surface area contributed by atoms with Gasteiger partial charge in [0.25, 0.3) is 5.91 Å². The summed E-state index contributed by atoms with van der Waals surface area (Å²) >= 11 is 11.8. The summed E-state index contributed by atoms with van der Waals surface area (Å²) in [4.78, 5) is 12.3. The Kier molecular flexibility index (Phi) is 5.66. The molecule has 0 spiro atoms. The minimum atomic E-state index is -0.0945. The Morgan fingerprint density at radius 1 is 1.19 bits per heavy atom. The van der Waals surface area contributed by atoms with Crippen LogP contribution in [0.25, 0.3) is 0 Å². The molecule has 0 radical (unpaired) electrons. The molecule has 1 unspecified atom stereocenters. The van der Waals surface area contributed by atoms with Gasteiger partial charge in [-0.2, -0.15) is 0 Å². The summed E-state index contributed by atoms with van der Waals surface area (Å²) in [5.41, 5.74) is 2.63. The molecular weight excluding hydrogens is 305 g/mol. The molecule has 2 aromatic rings. The fourth-order valence-corrected chi connectivity index (χ4v) is 2.51. The Labute approximate surface area is 135 Å². The van der Waals surface area contributed by atoms with E-state index in [4.69, 9.17) is 23.2 Å². The fourth-order valence-electron chi connectivity index (χ4n) is 2.13. The third-order valence-electron chi connectivity index (χ3n) is 3.34. The van der Waals surface area contributed by atoms with Gasteiger partial charge in [0.15, 0.2) is 0 Å². The van der Waals surface area contributed by atoms with Gasteiger partial charge in [-0.25, -0.2) is 0 Å². The van der Waals surface area contributed by atoms with Gasteiger partial charge in [0, 0.05) is 16.5 Å². The van der Waals surface area contributed by atoms with Crippen molar-refractivity contribution in [2.75, 3.05) is 0 Å². The van der Waals surface area contributed by atoms with Crippen LogP contribution in [0.5, 0.6) is 0 Å². The summed E-state index contributed by atoms with van der Waals surface area (Å²) in [5, 5.41) is 3.71. The highest BCUT2D eigenvalue weighted by Gasteiger charge is 2.14. The molecule has 1 N–H and O–H groups in total. The van der Waals surface area contributed by atoms with Crippen LogP contribution in [-0.4, -0.2) is 5.91 Å². The number of carbonyl (C=O) groups is 1. The van der Waals surface area contributed by atoms with Crippen LogP contribution in [0.3, 0.4) is 0 Å². The summed E-state index contributed by atoms with van der Waals surface area (Å²) in [7, 11) is 0. The fraction of sp³-hybridized carbons (Fsp3) is 0.235. The molecule has 0 bridgehead atoms. The SMILES string of the molecule is CCC(NC(=O)c1ccc(CCl)cc1)c1cccc(Cl)c1. The van der Waals surface area contributed by atoms with Crippen molar-refractivity contribution in [1.29, 1.82) is 0 Å². The second-order valence-corrected chi connectivity index (χ2v) is 5.52. The van der Waals surface area contributed by atoms with Crippen LogP contribution in [0.2, 0.25) is 5.02 Å². The van der Waals surface area contributed by atoms with Crippen LogP contribution in [0.15, 0.2) is 48.5 Å². The van der Waals surface area contributed by atoms with E-state index in [-0.39, 0.29) is 11.9 Å². The topological polar surface area (TPSA) is 29.1 Å². The number of benzene rings is 2. The highest BCUT2D eigenvalue weighted by Crippen LogP contribution is 2.21. The Bertz CT molecular complexity index is 610. The monoisotopic (exact) mass is 321 g/mol. The summed E-state index contributed by atoms with van der Waals surface area (Å²) in [6.45, 7) is 2.03. The van der Waals surface area contributed by atoms with Crippen LogP contribution >= 0.6 is 23.2 Å². The molecule has 21 heavy (non-hydrogen) atoms. The third kappa shape index (κ3) is 4.23. The zero-order valence-electron chi connectivity index (χ0n) is 11.8. The molecule has 2 nitrogen and oxygen atoms in total. The van der Waals surface area contributed by atoms with Crippen LogP contribution in [0, 0.1) is 0 Å². The minimum absolute atomic E-state index is 0.0519. The van der Waals surface area contributed by atoms with Crippen molar-refractivity contribution in [2.45, 2.75) is 25.3 Å². The zero-order chi connectivity index (χ0) is 15.2. The normalized spacial score (nSPS) is 12.0. The molecule has 4 heteroatoms. The molecule has 0 aromatic heterocycles. The smallest absolute Gasteiger partial charge is 0.251 e. The molecular formula is C17H17Cl2NO. The molecule has 110 valence electrons. The van der Waals surface area contributed by atoms with Crippen LogP contribution in [0.1, 0.15) is 40.9 Å². The molecule has 0 aliphatic rings. The lowest BCUT2D eigenvalue weighted by atomic mass is 10.0. The number of rotatable bonds is 5. The first-order valence-corrected chi connectivity index (χ1v) is 7.76. The molecule has 2 rings (SSSR count). The van der Waals surface area contributed by atoms with E-state index < -0.39 is 0 Å². The second kappa shape index (κ2) is 7.48. The Balaban J connectivity index is 2.12. The number of halogens is 2. The first kappa shape index (κ1) is 15.9. The number of carbonyl (C=O) groups excluding carboxylic acids is 1. The molecule has 2 aromatic carbocycles. The predicted molar refractivity (Wildman–Crippen MR) is 87.9 cm³/mol. The highest BCUT2D eigenvalue weighted by molar-refractivity contribution is 6.30. The molecule has 0 saturated heterocycles. The first-order valence-electron chi connectivity index (χ1n) is 6.85. The van der Waals surface area contributed by atoms with Crippen LogP contribution in [0.4, 0.5) is 0 Å². The van der Waals surface area contributed by atoms with Crippen LogP contribution in [-0.2, 0) is 5.88 Å². The largest absolute Gasteiger partial charge is 0.345 e. The molecule has 1 atom stereocenters. The number of hydrogen-bond acceptors (Lipinski definition) is 1. The van der Waals surface area contributed by atoms with E-state index in [1.54, 1.807) is 12.1 Å². The van der Waals surface area contributed by atoms with Crippen LogP contribution < -0.4 is 5.32 Å². The van der Waals surface area contributed by atoms with E-state index in [0.29, 0.717) is 16.5 Å². The zero-order valence-corrected chi connectivity index (χ0v) is 13.3. The molecule has 0 aliphatic carbocycles. The number of hydrogen-bond donors (Lipinski definition) is 1. The van der Waals surface area contributed by atoms with Crippen molar-refractivity contribution >= 4 is 29.1 Å². The van der Waals surface area contributed by atoms with Crippen molar-refractivity contribution in [3.8, 4) is 0 Å². The third-order valence-corrected chi connectivity index (χ3v) is 3.88. The van der Waals surface area contributed by atoms with Gasteiger partial charge in [0.1, 0.15) is 0 Å². The Morgan fingerprint density at radius 3 is 2.48 bits per heavy atom. The predicted octanol–water partition coefficient (Wildman–Crippen LogP) is 4.96. The van der Waals surface area contributed by atoms with E-state index in [1.165, 1.54) is 0 Å².